The minimum absolute atomic E-state index is 0.119. The van der Waals surface area contributed by atoms with Gasteiger partial charge in [0.1, 0.15) is 0 Å². The van der Waals surface area contributed by atoms with Gasteiger partial charge in [0.15, 0.2) is 5.65 Å². The van der Waals surface area contributed by atoms with Crippen molar-refractivity contribution in [3.05, 3.63) is 30.2 Å². The van der Waals surface area contributed by atoms with E-state index in [9.17, 15) is 4.79 Å². The van der Waals surface area contributed by atoms with Crippen LogP contribution < -0.4 is 5.32 Å². The van der Waals surface area contributed by atoms with Crippen molar-refractivity contribution in [3.8, 4) is 0 Å². The monoisotopic (exact) mass is 299 g/mol. The summed E-state index contributed by atoms with van der Waals surface area (Å²) >= 11 is 0. The molecular formula is C16H21N5O. The molecule has 4 heterocycles. The maximum absolute atomic E-state index is 12.5. The summed E-state index contributed by atoms with van der Waals surface area (Å²) in [6.45, 7) is 0. The van der Waals surface area contributed by atoms with Crippen LogP contribution in [0.5, 0.6) is 0 Å². The molecule has 2 fully saturated rings. The van der Waals surface area contributed by atoms with E-state index in [0.717, 1.165) is 12.8 Å². The smallest absolute Gasteiger partial charge is 0.289 e. The van der Waals surface area contributed by atoms with Crippen LogP contribution in [0.4, 0.5) is 0 Å². The Morgan fingerprint density at radius 1 is 1.23 bits per heavy atom. The number of nitrogens with zero attached hydrogens (tertiary/aromatic N) is 4. The Hall–Kier alpha value is -1.95. The van der Waals surface area contributed by atoms with Crippen molar-refractivity contribution in [2.45, 2.75) is 50.2 Å². The molecule has 2 aromatic heterocycles. The predicted molar refractivity (Wildman–Crippen MR) is 82.7 cm³/mol. The highest BCUT2D eigenvalue weighted by atomic mass is 16.2. The van der Waals surface area contributed by atoms with Gasteiger partial charge in [-0.05, 0) is 44.9 Å². The topological polar surface area (TPSA) is 62.5 Å². The maximum Gasteiger partial charge on any atom is 0.289 e. The van der Waals surface area contributed by atoms with Crippen LogP contribution in [0.3, 0.4) is 0 Å². The first-order valence-corrected chi connectivity index (χ1v) is 8.05. The molecule has 2 bridgehead atoms. The quantitative estimate of drug-likeness (QED) is 0.912. The number of fused-ring (bicyclic) bond motifs is 3. The van der Waals surface area contributed by atoms with Gasteiger partial charge in [0.2, 0.25) is 5.82 Å². The molecule has 2 unspecified atom stereocenters. The van der Waals surface area contributed by atoms with Gasteiger partial charge >= 0.3 is 0 Å². The number of amides is 1. The summed E-state index contributed by atoms with van der Waals surface area (Å²) in [5, 5.41) is 11.3. The first-order valence-electron chi connectivity index (χ1n) is 8.05. The molecule has 0 aromatic carbocycles. The fourth-order valence-electron chi connectivity index (χ4n) is 3.98. The number of aromatic nitrogens is 3. The third kappa shape index (κ3) is 2.27. The molecule has 0 aliphatic carbocycles. The maximum atomic E-state index is 12.5. The third-order valence-electron chi connectivity index (χ3n) is 5.19. The molecule has 0 radical (unpaired) electrons. The van der Waals surface area contributed by atoms with Crippen LogP contribution in [0.1, 0.15) is 42.7 Å². The van der Waals surface area contributed by atoms with Crippen molar-refractivity contribution in [1.82, 2.24) is 24.8 Å². The number of hydrogen-bond acceptors (Lipinski definition) is 4. The second kappa shape index (κ2) is 5.35. The molecule has 22 heavy (non-hydrogen) atoms. The van der Waals surface area contributed by atoms with Crippen LogP contribution in [-0.4, -0.2) is 50.6 Å². The lowest BCUT2D eigenvalue weighted by Crippen LogP contribution is -2.55. The van der Waals surface area contributed by atoms with Gasteiger partial charge in [-0.2, -0.15) is 0 Å². The normalized spacial score (nSPS) is 28.7. The van der Waals surface area contributed by atoms with E-state index >= 15 is 0 Å². The SMILES string of the molecule is CN1C2CCCC1CC(NC(=O)c1nnc3ccccn13)C2. The Morgan fingerprint density at radius 2 is 2.00 bits per heavy atom. The summed E-state index contributed by atoms with van der Waals surface area (Å²) in [6, 6.07) is 7.08. The number of pyridine rings is 1. The lowest BCUT2D eigenvalue weighted by Gasteiger charge is -2.47. The van der Waals surface area contributed by atoms with Crippen molar-refractivity contribution < 1.29 is 4.79 Å². The molecule has 1 N–H and O–H groups in total. The van der Waals surface area contributed by atoms with Gasteiger partial charge in [0.05, 0.1) is 0 Å². The Morgan fingerprint density at radius 3 is 2.77 bits per heavy atom. The molecule has 116 valence electrons. The number of carbonyl (C=O) groups excluding carboxylic acids is 1. The molecule has 2 atom stereocenters. The average molecular weight is 299 g/mol. The molecule has 0 spiro atoms. The highest BCUT2D eigenvalue weighted by molar-refractivity contribution is 5.91. The number of hydrogen-bond donors (Lipinski definition) is 1. The van der Waals surface area contributed by atoms with Gasteiger partial charge in [-0.25, -0.2) is 0 Å². The Balaban J connectivity index is 1.50. The van der Waals surface area contributed by atoms with Crippen molar-refractivity contribution in [2.75, 3.05) is 7.05 Å². The molecule has 1 amide bonds. The van der Waals surface area contributed by atoms with Crippen LogP contribution >= 0.6 is 0 Å². The number of carbonyl (C=O) groups is 1. The number of nitrogens with one attached hydrogen (secondary N) is 1. The number of rotatable bonds is 2. The summed E-state index contributed by atoms with van der Waals surface area (Å²) in [4.78, 5) is 15.0. The molecular weight excluding hydrogens is 278 g/mol. The lowest BCUT2D eigenvalue weighted by atomic mass is 9.82. The van der Waals surface area contributed by atoms with Crippen LogP contribution in [-0.2, 0) is 0 Å². The first-order chi connectivity index (χ1) is 10.7. The van der Waals surface area contributed by atoms with Gasteiger partial charge in [0.25, 0.3) is 5.91 Å². The molecule has 2 saturated heterocycles. The van der Waals surface area contributed by atoms with E-state index in [1.54, 1.807) is 4.40 Å². The van der Waals surface area contributed by atoms with E-state index in [-0.39, 0.29) is 11.9 Å². The standard InChI is InChI=1S/C16H21N5O/c1-20-12-5-4-6-13(20)10-11(9-12)17-16(22)15-19-18-14-7-2-3-8-21(14)15/h2-3,7-8,11-13H,4-6,9-10H2,1H3,(H,17,22). The third-order valence-corrected chi connectivity index (χ3v) is 5.19. The first kappa shape index (κ1) is 13.7. The second-order valence-corrected chi connectivity index (χ2v) is 6.50. The zero-order chi connectivity index (χ0) is 15.1. The lowest BCUT2D eigenvalue weighted by molar-refractivity contribution is 0.0460. The van der Waals surface area contributed by atoms with E-state index < -0.39 is 0 Å². The fraction of sp³-hybridized carbons (Fsp3) is 0.562. The molecule has 0 saturated carbocycles. The van der Waals surface area contributed by atoms with Crippen molar-refractivity contribution in [2.24, 2.45) is 0 Å². The van der Waals surface area contributed by atoms with Gasteiger partial charge in [-0.15, -0.1) is 10.2 Å². The van der Waals surface area contributed by atoms with Crippen molar-refractivity contribution in [3.63, 3.8) is 0 Å². The minimum atomic E-state index is -0.119. The van der Waals surface area contributed by atoms with Crippen molar-refractivity contribution >= 4 is 11.6 Å². The highest BCUT2D eigenvalue weighted by Gasteiger charge is 2.36. The van der Waals surface area contributed by atoms with Gasteiger partial charge in [0, 0.05) is 24.3 Å². The van der Waals surface area contributed by atoms with E-state index in [1.807, 2.05) is 24.4 Å². The van der Waals surface area contributed by atoms with Crippen molar-refractivity contribution in [1.29, 1.82) is 0 Å². The van der Waals surface area contributed by atoms with Crippen LogP contribution in [0.2, 0.25) is 0 Å². The van der Waals surface area contributed by atoms with E-state index in [1.165, 1.54) is 19.3 Å². The largest absolute Gasteiger partial charge is 0.346 e. The summed E-state index contributed by atoms with van der Waals surface area (Å²) in [7, 11) is 2.22. The van der Waals surface area contributed by atoms with Gasteiger partial charge < -0.3 is 10.2 Å². The summed E-state index contributed by atoms with van der Waals surface area (Å²) in [5.41, 5.74) is 0.702. The minimum Gasteiger partial charge on any atom is -0.346 e. The van der Waals surface area contributed by atoms with Crippen LogP contribution in [0, 0.1) is 0 Å². The summed E-state index contributed by atoms with van der Waals surface area (Å²) in [6.07, 6.45) is 7.70. The Bertz CT molecular complexity index is 683. The molecule has 2 aliphatic heterocycles. The van der Waals surface area contributed by atoms with Gasteiger partial charge in [-0.1, -0.05) is 12.5 Å². The molecule has 2 aromatic rings. The average Bonchev–Trinajstić information content (AvgIpc) is 2.92. The number of piperidine rings is 2. The second-order valence-electron chi connectivity index (χ2n) is 6.50. The van der Waals surface area contributed by atoms with Crippen LogP contribution in [0.25, 0.3) is 5.65 Å². The van der Waals surface area contributed by atoms with E-state index in [4.69, 9.17) is 0 Å². The predicted octanol–water partition coefficient (Wildman–Crippen LogP) is 1.47. The van der Waals surface area contributed by atoms with Gasteiger partial charge in [-0.3, -0.25) is 9.20 Å². The molecule has 6 nitrogen and oxygen atoms in total. The molecule has 4 rings (SSSR count). The summed E-state index contributed by atoms with van der Waals surface area (Å²) < 4.78 is 1.74. The van der Waals surface area contributed by atoms with E-state index in [0.29, 0.717) is 23.6 Å². The Labute approximate surface area is 129 Å². The van der Waals surface area contributed by atoms with E-state index in [2.05, 4.69) is 27.5 Å². The zero-order valence-electron chi connectivity index (χ0n) is 12.8. The zero-order valence-corrected chi connectivity index (χ0v) is 12.8. The summed E-state index contributed by atoms with van der Waals surface area (Å²) in [5.74, 6) is 0.256. The fourth-order valence-corrected chi connectivity index (χ4v) is 3.98. The van der Waals surface area contributed by atoms with Crippen LogP contribution in [0.15, 0.2) is 24.4 Å². The Kier molecular flexibility index (Phi) is 3.33. The highest BCUT2D eigenvalue weighted by Crippen LogP contribution is 2.32. The molecule has 2 aliphatic rings. The molecule has 6 heteroatoms.